The van der Waals surface area contributed by atoms with Crippen LogP contribution >= 0.6 is 0 Å². The Bertz CT molecular complexity index is 546. The van der Waals surface area contributed by atoms with Gasteiger partial charge in [0.25, 0.3) is 5.89 Å². The van der Waals surface area contributed by atoms with Crippen LogP contribution in [0.5, 0.6) is 0 Å². The van der Waals surface area contributed by atoms with Gasteiger partial charge >= 0.3 is 0 Å². The molecule has 0 atom stereocenters. The lowest BCUT2D eigenvalue weighted by Crippen LogP contribution is -2.21. The van der Waals surface area contributed by atoms with E-state index >= 15 is 0 Å². The minimum absolute atomic E-state index is 0.341. The van der Waals surface area contributed by atoms with E-state index in [9.17, 15) is 0 Å². The van der Waals surface area contributed by atoms with Crippen molar-refractivity contribution in [3.8, 4) is 0 Å². The number of hydrogen-bond donors (Lipinski definition) is 0. The van der Waals surface area contributed by atoms with E-state index in [4.69, 9.17) is 14.0 Å². The van der Waals surface area contributed by atoms with E-state index < -0.39 is 6.29 Å². The zero-order chi connectivity index (χ0) is 15.3. The molecule has 2 rings (SSSR count). The van der Waals surface area contributed by atoms with Gasteiger partial charge in [-0.3, -0.25) is 0 Å². The second-order valence-corrected chi connectivity index (χ2v) is 5.19. The minimum atomic E-state index is -0.604. The molecule has 0 bridgehead atoms. The molecule has 0 aliphatic carbocycles. The first-order valence-corrected chi connectivity index (χ1v) is 7.22. The van der Waals surface area contributed by atoms with Crippen LogP contribution < -0.4 is 0 Å². The summed E-state index contributed by atoms with van der Waals surface area (Å²) < 4.78 is 16.3. The molecule has 0 aliphatic heterocycles. The van der Waals surface area contributed by atoms with E-state index in [0.717, 1.165) is 5.56 Å². The molecule has 0 radical (unpaired) electrons. The standard InChI is InChI=1S/C16H22N2O3/c1-5-19-14(20-6-2)13-17-15(18-21-13)16(3,4)12-10-8-7-9-11-12/h7-11,14H,5-6H2,1-4H3. The molecule has 0 saturated heterocycles. The Morgan fingerprint density at radius 3 is 2.29 bits per heavy atom. The lowest BCUT2D eigenvalue weighted by molar-refractivity contribution is -0.155. The summed E-state index contributed by atoms with van der Waals surface area (Å²) in [4.78, 5) is 4.47. The summed E-state index contributed by atoms with van der Waals surface area (Å²) in [5.41, 5.74) is 0.785. The van der Waals surface area contributed by atoms with Gasteiger partial charge in [0, 0.05) is 13.2 Å². The van der Waals surface area contributed by atoms with Crippen molar-refractivity contribution in [2.75, 3.05) is 13.2 Å². The van der Waals surface area contributed by atoms with Crippen LogP contribution in [0.1, 0.15) is 51.3 Å². The van der Waals surface area contributed by atoms with Crippen LogP contribution in [0.3, 0.4) is 0 Å². The van der Waals surface area contributed by atoms with Crippen molar-refractivity contribution in [3.05, 3.63) is 47.6 Å². The highest BCUT2D eigenvalue weighted by molar-refractivity contribution is 5.30. The van der Waals surface area contributed by atoms with E-state index in [1.807, 2.05) is 32.0 Å². The minimum Gasteiger partial charge on any atom is -0.345 e. The Morgan fingerprint density at radius 1 is 1.10 bits per heavy atom. The Balaban J connectivity index is 2.26. The summed E-state index contributed by atoms with van der Waals surface area (Å²) in [6.45, 7) is 8.96. The molecule has 0 spiro atoms. The van der Waals surface area contributed by atoms with Gasteiger partial charge in [-0.15, -0.1) is 0 Å². The molecule has 5 nitrogen and oxygen atoms in total. The van der Waals surface area contributed by atoms with Crippen molar-refractivity contribution in [2.45, 2.75) is 39.4 Å². The van der Waals surface area contributed by atoms with Crippen molar-refractivity contribution in [3.63, 3.8) is 0 Å². The van der Waals surface area contributed by atoms with Crippen LogP contribution in [0.25, 0.3) is 0 Å². The number of hydrogen-bond acceptors (Lipinski definition) is 5. The van der Waals surface area contributed by atoms with Crippen molar-refractivity contribution in [2.24, 2.45) is 0 Å². The summed E-state index contributed by atoms with van der Waals surface area (Å²) in [6, 6.07) is 10.1. The van der Waals surface area contributed by atoms with Gasteiger partial charge in [-0.2, -0.15) is 4.98 Å². The van der Waals surface area contributed by atoms with Crippen molar-refractivity contribution in [1.29, 1.82) is 0 Å². The van der Waals surface area contributed by atoms with Crippen LogP contribution in [-0.2, 0) is 14.9 Å². The molecule has 21 heavy (non-hydrogen) atoms. The maximum Gasteiger partial charge on any atom is 0.283 e. The van der Waals surface area contributed by atoms with Gasteiger partial charge in [0.2, 0.25) is 6.29 Å². The first kappa shape index (κ1) is 15.7. The van der Waals surface area contributed by atoms with E-state index in [1.54, 1.807) is 0 Å². The second kappa shape index (κ2) is 6.83. The van der Waals surface area contributed by atoms with Crippen LogP contribution in [0.2, 0.25) is 0 Å². The van der Waals surface area contributed by atoms with Gasteiger partial charge < -0.3 is 14.0 Å². The average Bonchev–Trinajstić information content (AvgIpc) is 2.98. The molecule has 114 valence electrons. The monoisotopic (exact) mass is 290 g/mol. The predicted octanol–water partition coefficient (Wildman–Crippen LogP) is 3.47. The third-order valence-corrected chi connectivity index (χ3v) is 3.33. The van der Waals surface area contributed by atoms with Crippen LogP contribution in [-0.4, -0.2) is 23.4 Å². The van der Waals surface area contributed by atoms with Gasteiger partial charge in [0.1, 0.15) is 0 Å². The summed E-state index contributed by atoms with van der Waals surface area (Å²) in [7, 11) is 0. The lowest BCUT2D eigenvalue weighted by atomic mass is 9.84. The third kappa shape index (κ3) is 3.49. The number of nitrogens with zero attached hydrogens (tertiary/aromatic N) is 2. The highest BCUT2D eigenvalue weighted by Crippen LogP contribution is 2.30. The van der Waals surface area contributed by atoms with Crippen LogP contribution in [0, 0.1) is 0 Å². The Kier molecular flexibility index (Phi) is 5.09. The lowest BCUT2D eigenvalue weighted by Gasteiger charge is -2.20. The molecular weight excluding hydrogens is 268 g/mol. The van der Waals surface area contributed by atoms with E-state index in [-0.39, 0.29) is 5.41 Å². The summed E-state index contributed by atoms with van der Waals surface area (Å²) in [5, 5.41) is 4.10. The molecule has 0 aliphatic rings. The molecule has 5 heteroatoms. The largest absolute Gasteiger partial charge is 0.345 e. The van der Waals surface area contributed by atoms with Gasteiger partial charge in [-0.1, -0.05) is 35.5 Å². The normalized spacial score (nSPS) is 12.0. The maximum atomic E-state index is 5.48. The predicted molar refractivity (Wildman–Crippen MR) is 78.9 cm³/mol. The van der Waals surface area contributed by atoms with E-state index in [1.165, 1.54) is 0 Å². The zero-order valence-electron chi connectivity index (χ0n) is 13.0. The Hall–Kier alpha value is -1.72. The van der Waals surface area contributed by atoms with Crippen LogP contribution in [0.4, 0.5) is 0 Å². The molecule has 1 aromatic carbocycles. The molecule has 0 fully saturated rings. The fourth-order valence-electron chi connectivity index (χ4n) is 2.06. The van der Waals surface area contributed by atoms with E-state index in [0.29, 0.717) is 24.9 Å². The van der Waals surface area contributed by atoms with Crippen molar-refractivity contribution >= 4 is 0 Å². The summed E-state index contributed by atoms with van der Waals surface area (Å²) in [6.07, 6.45) is -0.604. The number of ether oxygens (including phenoxy) is 2. The Labute approximate surface area is 125 Å². The zero-order valence-corrected chi connectivity index (χ0v) is 13.0. The van der Waals surface area contributed by atoms with Gasteiger partial charge in [0.05, 0.1) is 5.41 Å². The number of rotatable bonds is 7. The fraction of sp³-hybridized carbons (Fsp3) is 0.500. The molecular formula is C16H22N2O3. The molecule has 0 amide bonds. The summed E-state index contributed by atoms with van der Waals surface area (Å²) in [5.74, 6) is 0.978. The number of aromatic nitrogens is 2. The second-order valence-electron chi connectivity index (χ2n) is 5.19. The summed E-state index contributed by atoms with van der Waals surface area (Å²) >= 11 is 0. The molecule has 1 heterocycles. The van der Waals surface area contributed by atoms with Gasteiger partial charge in [-0.25, -0.2) is 0 Å². The molecule has 1 aromatic heterocycles. The van der Waals surface area contributed by atoms with Gasteiger partial charge in [-0.05, 0) is 33.3 Å². The number of benzene rings is 1. The maximum absolute atomic E-state index is 5.48. The Morgan fingerprint density at radius 2 is 1.71 bits per heavy atom. The fourth-order valence-corrected chi connectivity index (χ4v) is 2.06. The van der Waals surface area contributed by atoms with Gasteiger partial charge in [0.15, 0.2) is 5.82 Å². The highest BCUT2D eigenvalue weighted by Gasteiger charge is 2.30. The SMILES string of the molecule is CCOC(OCC)c1nc(C(C)(C)c2ccccc2)no1. The van der Waals surface area contributed by atoms with Crippen molar-refractivity contribution in [1.82, 2.24) is 10.1 Å². The average molecular weight is 290 g/mol. The molecule has 0 unspecified atom stereocenters. The van der Waals surface area contributed by atoms with Crippen molar-refractivity contribution < 1.29 is 14.0 Å². The van der Waals surface area contributed by atoms with Crippen LogP contribution in [0.15, 0.2) is 34.9 Å². The third-order valence-electron chi connectivity index (χ3n) is 3.33. The van der Waals surface area contributed by atoms with E-state index in [2.05, 4.69) is 36.1 Å². The molecule has 2 aromatic rings. The highest BCUT2D eigenvalue weighted by atomic mass is 16.7. The molecule has 0 saturated carbocycles. The smallest absolute Gasteiger partial charge is 0.283 e. The first-order valence-electron chi connectivity index (χ1n) is 7.22. The quantitative estimate of drug-likeness (QED) is 0.731. The molecule has 0 N–H and O–H groups in total. The topological polar surface area (TPSA) is 57.4 Å². The first-order chi connectivity index (χ1) is 10.1.